The normalized spacial score (nSPS) is 10.1. The highest BCUT2D eigenvalue weighted by atomic mass is 32.1. The molecule has 70 heavy (non-hydrogen) atoms. The molecule has 0 aliphatic rings. The summed E-state index contributed by atoms with van der Waals surface area (Å²) in [7, 11) is 12.2. The molecule has 0 fully saturated rings. The number of imidazole rings is 2. The van der Waals surface area contributed by atoms with Crippen LogP contribution in [-0.4, -0.2) is 68.3 Å². The lowest BCUT2D eigenvalue weighted by molar-refractivity contribution is 0.302. The molecule has 0 spiro atoms. The van der Waals surface area contributed by atoms with E-state index in [2.05, 4.69) is 175 Å². The minimum Gasteiger partial charge on any atom is -0.352 e. The van der Waals surface area contributed by atoms with E-state index in [4.69, 9.17) is 0 Å². The molecule has 388 valence electrons. The van der Waals surface area contributed by atoms with Gasteiger partial charge in [0.1, 0.15) is 33.1 Å². The maximum Gasteiger partial charge on any atom is 0.114 e. The molecule has 0 unspecified atom stereocenters. The zero-order valence-electron chi connectivity index (χ0n) is 49.1. The summed E-state index contributed by atoms with van der Waals surface area (Å²) in [5.41, 5.74) is 25.2. The van der Waals surface area contributed by atoms with Gasteiger partial charge in [0.15, 0.2) is 0 Å². The lowest BCUT2D eigenvalue weighted by Gasteiger charge is -1.98. The Balaban J connectivity index is 0.000000401. The number of rotatable bonds is 0. The molecular formula is C54H90N14OS. The summed E-state index contributed by atoms with van der Waals surface area (Å²) in [6, 6.07) is 0. The van der Waals surface area contributed by atoms with Crippen molar-refractivity contribution in [1.29, 1.82) is 0 Å². The predicted molar refractivity (Wildman–Crippen MR) is 292 cm³/mol. The van der Waals surface area contributed by atoms with Crippen molar-refractivity contribution in [2.75, 3.05) is 0 Å². The van der Waals surface area contributed by atoms with Crippen molar-refractivity contribution >= 4 is 11.3 Å². The van der Waals surface area contributed by atoms with Crippen LogP contribution in [0.4, 0.5) is 0 Å². The molecule has 0 aromatic carbocycles. The van der Waals surface area contributed by atoms with Gasteiger partial charge in [0, 0.05) is 87.8 Å². The maximum absolute atomic E-state index is 4.34. The molecule has 8 heterocycles. The van der Waals surface area contributed by atoms with Crippen molar-refractivity contribution in [3.05, 3.63) is 135 Å². The van der Waals surface area contributed by atoms with Crippen LogP contribution in [0.1, 0.15) is 135 Å². The minimum atomic E-state index is 0.861. The Labute approximate surface area is 425 Å². The first-order valence-corrected chi connectivity index (χ1v) is 24.6. The van der Waals surface area contributed by atoms with Gasteiger partial charge in [-0.3, -0.25) is 9.36 Å². The Bertz CT molecular complexity index is 2350. The molecule has 0 bridgehead atoms. The van der Waals surface area contributed by atoms with E-state index in [0.29, 0.717) is 0 Å². The van der Waals surface area contributed by atoms with E-state index in [9.17, 15) is 0 Å². The van der Waals surface area contributed by atoms with Crippen LogP contribution in [0.5, 0.6) is 0 Å². The number of aromatic nitrogens is 14. The van der Waals surface area contributed by atoms with Gasteiger partial charge in [0.2, 0.25) is 0 Å². The first-order chi connectivity index (χ1) is 32.2. The third-order valence-corrected chi connectivity index (χ3v) is 15.0. The smallest absolute Gasteiger partial charge is 0.114 e. The van der Waals surface area contributed by atoms with Crippen LogP contribution in [0.25, 0.3) is 0 Å². The second-order valence-electron chi connectivity index (χ2n) is 18.4. The Morgan fingerprint density at radius 2 is 0.571 bits per heavy atom. The van der Waals surface area contributed by atoms with Crippen molar-refractivity contribution < 1.29 is 4.63 Å². The highest BCUT2D eigenvalue weighted by Crippen LogP contribution is 2.19. The second-order valence-corrected chi connectivity index (χ2v) is 19.7. The molecule has 0 aliphatic heterocycles. The molecule has 0 N–H and O–H groups in total. The quantitative estimate of drug-likeness (QED) is 0.145. The Morgan fingerprint density at radius 3 is 0.643 bits per heavy atom. The van der Waals surface area contributed by atoms with Crippen molar-refractivity contribution in [3.8, 4) is 0 Å². The number of hydrogen-bond acceptors (Lipinski definition) is 10. The zero-order chi connectivity index (χ0) is 54.4. The van der Waals surface area contributed by atoms with Crippen LogP contribution in [0.3, 0.4) is 0 Å². The lowest BCUT2D eigenvalue weighted by Crippen LogP contribution is -1.92. The standard InChI is InChI=1S/2C9H15N.4C7H12N2.C4H6N2O.C4H6N2S/c2*1-6-7(2)9(4)10(5)8(6)3;2*1-5-6(2)9(4)7(3)8-5;2*1-5-6(2)8-9(4)7(5)3;1-3-4(2)6-7-5-3;1-3-5-6-4(2)7-3/h2*1-5H3;4*1-4H3;2*1-2H3. The van der Waals surface area contributed by atoms with Crippen molar-refractivity contribution in [2.45, 2.75) is 166 Å². The molecule has 16 heteroatoms. The fraction of sp³-hybridized carbons (Fsp3) is 0.556. The number of aryl methyl sites for hydroxylation is 12. The molecule has 8 rings (SSSR count). The lowest BCUT2D eigenvalue weighted by atomic mass is 10.2. The average Bonchev–Trinajstić information content (AvgIpc) is 4.16. The van der Waals surface area contributed by atoms with Gasteiger partial charge in [-0.05, 0) is 200 Å². The zero-order valence-corrected chi connectivity index (χ0v) is 49.9. The highest BCUT2D eigenvalue weighted by Gasteiger charge is 2.08. The van der Waals surface area contributed by atoms with Gasteiger partial charge >= 0.3 is 0 Å². The summed E-state index contributed by atoms with van der Waals surface area (Å²) in [6.45, 7) is 49.6. The number of hydrogen-bond donors (Lipinski definition) is 0. The van der Waals surface area contributed by atoms with E-state index in [-0.39, 0.29) is 0 Å². The molecule has 8 aromatic heterocycles. The summed E-state index contributed by atoms with van der Waals surface area (Å²) in [4.78, 5) is 8.55. The number of nitrogens with zero attached hydrogens (tertiary/aromatic N) is 14. The van der Waals surface area contributed by atoms with E-state index in [1.165, 1.54) is 78.9 Å². The summed E-state index contributed by atoms with van der Waals surface area (Å²) >= 11 is 1.62. The van der Waals surface area contributed by atoms with Crippen LogP contribution in [0, 0.1) is 166 Å². The molecule has 0 atom stereocenters. The van der Waals surface area contributed by atoms with Gasteiger partial charge in [0.05, 0.1) is 22.8 Å². The topological polar surface area (TPSA) is 146 Å². The average molecular weight is 983 g/mol. The van der Waals surface area contributed by atoms with E-state index >= 15 is 0 Å². The Hall–Kier alpha value is -5.90. The SMILES string of the molecule is Cc1c(C)c(C)n(C)c1C.Cc1c(C)c(C)n(C)c1C.Cc1nc(C)n(C)c1C.Cc1nc(C)n(C)c1C.Cc1nn(C)c(C)c1C.Cc1nn(C)c(C)c1C.Cc1nnc(C)s1.Cc1nonc1C. The van der Waals surface area contributed by atoms with Gasteiger partial charge in [-0.2, -0.15) is 10.2 Å². The second kappa shape index (κ2) is 27.5. The molecule has 0 saturated carbocycles. The molecule has 0 saturated heterocycles. The molecule has 8 aromatic rings. The minimum absolute atomic E-state index is 0.861. The van der Waals surface area contributed by atoms with Gasteiger partial charge in [-0.1, -0.05) is 10.3 Å². The monoisotopic (exact) mass is 983 g/mol. The van der Waals surface area contributed by atoms with Crippen molar-refractivity contribution in [1.82, 2.24) is 68.3 Å². The van der Waals surface area contributed by atoms with Gasteiger partial charge < -0.3 is 18.3 Å². The summed E-state index contributed by atoms with van der Waals surface area (Å²) < 4.78 is 16.8. The first-order valence-electron chi connectivity index (χ1n) is 23.8. The van der Waals surface area contributed by atoms with E-state index in [0.717, 1.165) is 55.8 Å². The molecule has 0 amide bonds. The first kappa shape index (κ1) is 62.1. The highest BCUT2D eigenvalue weighted by molar-refractivity contribution is 7.11. The Morgan fingerprint density at radius 1 is 0.300 bits per heavy atom. The van der Waals surface area contributed by atoms with Gasteiger partial charge in [-0.15, -0.1) is 21.5 Å². The van der Waals surface area contributed by atoms with Crippen LogP contribution in [0.15, 0.2) is 4.63 Å². The van der Waals surface area contributed by atoms with Gasteiger partial charge in [0.25, 0.3) is 0 Å². The van der Waals surface area contributed by atoms with Crippen LogP contribution in [-0.2, 0) is 42.3 Å². The van der Waals surface area contributed by atoms with Crippen LogP contribution < -0.4 is 0 Å². The van der Waals surface area contributed by atoms with Crippen LogP contribution in [0.2, 0.25) is 0 Å². The summed E-state index contributed by atoms with van der Waals surface area (Å²) in [5.74, 6) is 2.18. The van der Waals surface area contributed by atoms with Gasteiger partial charge in [-0.25, -0.2) is 14.6 Å². The summed E-state index contributed by atoms with van der Waals surface area (Å²) in [6.07, 6.45) is 0. The third kappa shape index (κ3) is 16.9. The van der Waals surface area contributed by atoms with E-state index in [1.807, 2.05) is 107 Å². The molecular weight excluding hydrogens is 893 g/mol. The van der Waals surface area contributed by atoms with E-state index < -0.39 is 0 Å². The summed E-state index contributed by atoms with van der Waals surface area (Å²) in [5, 5.41) is 25.2. The van der Waals surface area contributed by atoms with Crippen molar-refractivity contribution in [3.63, 3.8) is 0 Å². The molecule has 0 radical (unpaired) electrons. The largest absolute Gasteiger partial charge is 0.352 e. The van der Waals surface area contributed by atoms with Crippen molar-refractivity contribution in [2.24, 2.45) is 42.3 Å². The Kier molecular flexibility index (Phi) is 24.4. The van der Waals surface area contributed by atoms with Crippen LogP contribution >= 0.6 is 11.3 Å². The fourth-order valence-corrected chi connectivity index (χ4v) is 7.38. The maximum atomic E-state index is 4.34. The van der Waals surface area contributed by atoms with E-state index in [1.54, 1.807) is 11.3 Å². The fourth-order valence-electron chi connectivity index (χ4n) is 6.79. The molecule has 0 aliphatic carbocycles. The predicted octanol–water partition coefficient (Wildman–Crippen LogP) is 11.7. The molecule has 15 nitrogen and oxygen atoms in total. The third-order valence-electron chi connectivity index (χ3n) is 14.2.